The minimum Gasteiger partial charge on any atom is -0.452 e. The lowest BCUT2D eigenvalue weighted by atomic mass is 9.79. The van der Waals surface area contributed by atoms with Crippen LogP contribution in [-0.2, 0) is 9.53 Å². The Bertz CT molecular complexity index is 1270. The fourth-order valence-electron chi connectivity index (χ4n) is 4.30. The largest absolute Gasteiger partial charge is 0.452 e. The zero-order valence-corrected chi connectivity index (χ0v) is 21.0. The highest BCUT2D eigenvalue weighted by Gasteiger charge is 2.44. The van der Waals surface area contributed by atoms with Gasteiger partial charge in [-0.1, -0.05) is 35.3 Å². The van der Waals surface area contributed by atoms with Crippen LogP contribution in [0.15, 0.2) is 58.0 Å². The number of thiophene rings is 2. The molecular formula is C24H19Cl2N3O3S2. The van der Waals surface area contributed by atoms with Crippen LogP contribution in [-0.4, -0.2) is 34.2 Å². The molecule has 0 unspecified atom stereocenters. The van der Waals surface area contributed by atoms with Crippen molar-refractivity contribution in [2.75, 3.05) is 6.61 Å². The summed E-state index contributed by atoms with van der Waals surface area (Å²) in [4.78, 5) is 31.8. The first-order valence-corrected chi connectivity index (χ1v) is 13.2. The summed E-state index contributed by atoms with van der Waals surface area (Å²) in [5.41, 5.74) is 2.24. The number of nitrogens with zero attached hydrogens (tertiary/aromatic N) is 3. The molecule has 0 bridgehead atoms. The topological polar surface area (TPSA) is 71.9 Å². The molecule has 1 saturated carbocycles. The smallest absolute Gasteiger partial charge is 0.340 e. The molecule has 10 heteroatoms. The van der Waals surface area contributed by atoms with Crippen molar-refractivity contribution in [1.29, 1.82) is 0 Å². The Morgan fingerprint density at radius 1 is 1.21 bits per heavy atom. The predicted octanol–water partition coefficient (Wildman–Crippen LogP) is 6.49. The Morgan fingerprint density at radius 3 is 2.76 bits per heavy atom. The van der Waals surface area contributed by atoms with Gasteiger partial charge in [-0.3, -0.25) is 4.79 Å². The van der Waals surface area contributed by atoms with Crippen molar-refractivity contribution < 1.29 is 14.3 Å². The van der Waals surface area contributed by atoms with Crippen molar-refractivity contribution >= 4 is 69.5 Å². The van der Waals surface area contributed by atoms with Gasteiger partial charge in [-0.25, -0.2) is 14.8 Å². The quantitative estimate of drug-likeness (QED) is 0.278. The molecule has 1 aliphatic carbocycles. The number of carbonyl (C=O) groups is 2. The minimum absolute atomic E-state index is 0.0926. The van der Waals surface area contributed by atoms with E-state index in [0.717, 1.165) is 35.4 Å². The van der Waals surface area contributed by atoms with Gasteiger partial charge in [-0.2, -0.15) is 5.10 Å². The molecule has 6 nitrogen and oxygen atoms in total. The molecule has 0 spiro atoms. The Morgan fingerprint density at radius 2 is 2.03 bits per heavy atom. The molecule has 1 fully saturated rings. The highest BCUT2D eigenvalue weighted by molar-refractivity contribution is 7.11. The summed E-state index contributed by atoms with van der Waals surface area (Å²) >= 11 is 15.0. The van der Waals surface area contributed by atoms with Crippen LogP contribution in [0.1, 0.15) is 45.4 Å². The lowest BCUT2D eigenvalue weighted by Crippen LogP contribution is -2.34. The first-order valence-electron chi connectivity index (χ1n) is 10.7. The third kappa shape index (κ3) is 4.68. The number of hydrogen-bond acceptors (Lipinski definition) is 7. The van der Waals surface area contributed by atoms with Crippen LogP contribution in [0.25, 0.3) is 6.08 Å². The van der Waals surface area contributed by atoms with E-state index in [1.807, 2.05) is 29.0 Å². The van der Waals surface area contributed by atoms with Crippen LogP contribution >= 0.6 is 45.9 Å². The Hall–Kier alpha value is -2.52. The van der Waals surface area contributed by atoms with Crippen LogP contribution in [0.4, 0.5) is 0 Å². The molecule has 34 heavy (non-hydrogen) atoms. The second-order valence-electron chi connectivity index (χ2n) is 7.94. The van der Waals surface area contributed by atoms with E-state index in [0.29, 0.717) is 0 Å². The Kier molecular flexibility index (Phi) is 6.83. The molecule has 1 amide bonds. The summed E-state index contributed by atoms with van der Waals surface area (Å²) in [5, 5.41) is 10.6. The van der Waals surface area contributed by atoms with Gasteiger partial charge in [0.15, 0.2) is 6.61 Å². The normalized spacial score (nSPS) is 20.8. The SMILES string of the molecule is O=C(OCC(=O)N1N=C2/C(=C/c3cccs3)CCC[C@@H]2[C@@H]1c1cccs1)c1cnc(Cl)c(Cl)c1. The summed E-state index contributed by atoms with van der Waals surface area (Å²) in [6, 6.07) is 9.26. The van der Waals surface area contributed by atoms with Gasteiger partial charge in [-0.05, 0) is 59.9 Å². The van der Waals surface area contributed by atoms with Crippen LogP contribution in [0.3, 0.4) is 0 Å². The Balaban J connectivity index is 1.38. The molecule has 174 valence electrons. The van der Waals surface area contributed by atoms with Crippen molar-refractivity contribution in [2.45, 2.75) is 25.3 Å². The molecule has 2 atom stereocenters. The zero-order chi connectivity index (χ0) is 23.7. The summed E-state index contributed by atoms with van der Waals surface area (Å²) in [6.45, 7) is -0.436. The van der Waals surface area contributed by atoms with Crippen molar-refractivity contribution in [3.05, 3.63) is 78.4 Å². The summed E-state index contributed by atoms with van der Waals surface area (Å²) in [7, 11) is 0. The number of carbonyl (C=O) groups excluding carboxylic acids is 2. The van der Waals surface area contributed by atoms with Gasteiger partial charge >= 0.3 is 5.97 Å². The number of fused-ring (bicyclic) bond motifs is 1. The highest BCUT2D eigenvalue weighted by Crippen LogP contribution is 2.45. The number of amides is 1. The number of rotatable bonds is 5. The van der Waals surface area contributed by atoms with Crippen LogP contribution in [0, 0.1) is 5.92 Å². The number of pyridine rings is 1. The molecule has 5 rings (SSSR count). The number of hydrazone groups is 1. The molecule has 1 aliphatic heterocycles. The maximum absolute atomic E-state index is 13.2. The molecule has 3 aromatic heterocycles. The van der Waals surface area contributed by atoms with Gasteiger partial charge in [-0.15, -0.1) is 22.7 Å². The highest BCUT2D eigenvalue weighted by atomic mass is 35.5. The molecule has 0 radical (unpaired) electrons. The van der Waals surface area contributed by atoms with Crippen LogP contribution in [0.2, 0.25) is 10.2 Å². The summed E-state index contributed by atoms with van der Waals surface area (Å²) < 4.78 is 5.28. The van der Waals surface area contributed by atoms with E-state index >= 15 is 0 Å². The lowest BCUT2D eigenvalue weighted by molar-refractivity contribution is -0.136. The summed E-state index contributed by atoms with van der Waals surface area (Å²) in [6.07, 6.45) is 6.34. The van der Waals surface area contributed by atoms with Crippen molar-refractivity contribution in [3.8, 4) is 0 Å². The van der Waals surface area contributed by atoms with Crippen molar-refractivity contribution in [1.82, 2.24) is 9.99 Å². The van der Waals surface area contributed by atoms with E-state index in [1.54, 1.807) is 22.7 Å². The lowest BCUT2D eigenvalue weighted by Gasteiger charge is -2.28. The average molecular weight is 532 g/mol. The van der Waals surface area contributed by atoms with E-state index in [9.17, 15) is 9.59 Å². The zero-order valence-electron chi connectivity index (χ0n) is 17.8. The molecule has 3 aromatic rings. The van der Waals surface area contributed by atoms with E-state index in [4.69, 9.17) is 33.0 Å². The first-order chi connectivity index (χ1) is 16.5. The Labute approximate surface area is 214 Å². The number of allylic oxidation sites excluding steroid dienone is 1. The monoisotopic (exact) mass is 531 g/mol. The number of ether oxygens (including phenoxy) is 1. The minimum atomic E-state index is -0.699. The fourth-order valence-corrected chi connectivity index (χ4v) is 6.13. The maximum Gasteiger partial charge on any atom is 0.340 e. The van der Waals surface area contributed by atoms with Gasteiger partial charge < -0.3 is 4.74 Å². The molecule has 0 N–H and O–H groups in total. The van der Waals surface area contributed by atoms with E-state index in [2.05, 4.69) is 17.1 Å². The van der Waals surface area contributed by atoms with Crippen LogP contribution < -0.4 is 0 Å². The molecule has 0 saturated heterocycles. The average Bonchev–Trinajstić information content (AvgIpc) is 3.60. The van der Waals surface area contributed by atoms with Crippen molar-refractivity contribution in [3.63, 3.8) is 0 Å². The predicted molar refractivity (Wildman–Crippen MR) is 136 cm³/mol. The fraction of sp³-hybridized carbons (Fsp3) is 0.250. The van der Waals surface area contributed by atoms with Gasteiger partial charge in [0.25, 0.3) is 5.91 Å². The third-order valence-corrected chi connectivity index (χ3v) is 8.26. The van der Waals surface area contributed by atoms with E-state index in [1.165, 1.54) is 22.1 Å². The second-order valence-corrected chi connectivity index (χ2v) is 10.7. The van der Waals surface area contributed by atoms with E-state index in [-0.39, 0.29) is 33.6 Å². The summed E-state index contributed by atoms with van der Waals surface area (Å²) in [5.74, 6) is -0.968. The number of esters is 1. The van der Waals surface area contributed by atoms with Gasteiger partial charge in [0.05, 0.1) is 22.3 Å². The second kappa shape index (κ2) is 10.00. The van der Waals surface area contributed by atoms with Gasteiger partial charge in [0, 0.05) is 21.9 Å². The van der Waals surface area contributed by atoms with Gasteiger partial charge in [0.2, 0.25) is 0 Å². The van der Waals surface area contributed by atoms with Crippen LogP contribution in [0.5, 0.6) is 0 Å². The van der Waals surface area contributed by atoms with Crippen molar-refractivity contribution in [2.24, 2.45) is 11.0 Å². The first kappa shape index (κ1) is 23.2. The molecular weight excluding hydrogens is 513 g/mol. The molecule has 2 aliphatic rings. The number of aromatic nitrogens is 1. The number of halogens is 2. The number of hydrogen-bond donors (Lipinski definition) is 0. The molecule has 0 aromatic carbocycles. The standard InChI is InChI=1S/C24H19Cl2N3O3S2/c25-18-11-15(12-27-23(18)26)24(31)32-13-20(30)29-22(19-7-3-9-34-19)17-6-1-4-14(21(17)28-29)10-16-5-2-8-33-16/h2-3,5,7-12,17,22H,1,4,6,13H2/b14-10+/t17-,22+/m0/s1. The van der Waals surface area contributed by atoms with E-state index < -0.39 is 12.6 Å². The maximum atomic E-state index is 13.2. The third-order valence-electron chi connectivity index (χ3n) is 5.81. The molecule has 4 heterocycles. The van der Waals surface area contributed by atoms with Gasteiger partial charge in [0.1, 0.15) is 5.15 Å².